The average Bonchev–Trinajstić information content (AvgIpc) is 2.19. The van der Waals surface area contributed by atoms with Gasteiger partial charge in [-0.1, -0.05) is 23.7 Å². The minimum atomic E-state index is -0.0754. The van der Waals surface area contributed by atoms with Gasteiger partial charge in [0.25, 0.3) is 0 Å². The summed E-state index contributed by atoms with van der Waals surface area (Å²) in [5, 5.41) is 6.77. The van der Waals surface area contributed by atoms with Crippen LogP contribution in [0.2, 0.25) is 5.02 Å². The Bertz CT molecular complexity index is 336. The first-order chi connectivity index (χ1) is 6.75. The molecular weight excluding hydrogens is 200 g/mol. The minimum Gasteiger partial charge on any atom is -0.337 e. The van der Waals surface area contributed by atoms with Crippen molar-refractivity contribution in [1.29, 1.82) is 0 Å². The SMILES string of the molecule is O=C1CCN[C@@H](c2ccc(Cl)cc2)N1. The number of hydrogen-bond donors (Lipinski definition) is 2. The van der Waals surface area contributed by atoms with E-state index in [4.69, 9.17) is 11.6 Å². The summed E-state index contributed by atoms with van der Waals surface area (Å²) in [6, 6.07) is 7.45. The van der Waals surface area contributed by atoms with Gasteiger partial charge < -0.3 is 5.32 Å². The normalized spacial score (nSPS) is 21.8. The topological polar surface area (TPSA) is 41.1 Å². The maximum atomic E-state index is 11.1. The second-order valence-corrected chi connectivity index (χ2v) is 3.69. The van der Waals surface area contributed by atoms with E-state index in [0.717, 1.165) is 12.1 Å². The number of nitrogens with one attached hydrogen (secondary N) is 2. The van der Waals surface area contributed by atoms with Crippen molar-refractivity contribution < 1.29 is 4.79 Å². The second kappa shape index (κ2) is 3.98. The lowest BCUT2D eigenvalue weighted by molar-refractivity contribution is -0.123. The summed E-state index contributed by atoms with van der Waals surface area (Å²) in [6.45, 7) is 0.721. The van der Waals surface area contributed by atoms with Crippen molar-refractivity contribution in [2.24, 2.45) is 0 Å². The predicted octanol–water partition coefficient (Wildman–Crippen LogP) is 1.45. The van der Waals surface area contributed by atoms with Crippen molar-refractivity contribution in [2.75, 3.05) is 6.54 Å². The van der Waals surface area contributed by atoms with Gasteiger partial charge in [0.1, 0.15) is 6.17 Å². The largest absolute Gasteiger partial charge is 0.337 e. The Hall–Kier alpha value is -1.06. The second-order valence-electron chi connectivity index (χ2n) is 3.26. The molecule has 0 unspecified atom stereocenters. The van der Waals surface area contributed by atoms with E-state index in [-0.39, 0.29) is 12.1 Å². The summed E-state index contributed by atoms with van der Waals surface area (Å²) in [5.41, 5.74) is 1.03. The van der Waals surface area contributed by atoms with Gasteiger partial charge in [0.2, 0.25) is 5.91 Å². The molecule has 1 aliphatic rings. The molecule has 1 aromatic rings. The molecule has 0 aromatic heterocycles. The third kappa shape index (κ3) is 2.05. The van der Waals surface area contributed by atoms with Crippen LogP contribution in [0.1, 0.15) is 18.2 Å². The summed E-state index contributed by atoms with van der Waals surface area (Å²) < 4.78 is 0. The van der Waals surface area contributed by atoms with E-state index in [1.807, 2.05) is 24.3 Å². The molecule has 1 amide bonds. The van der Waals surface area contributed by atoms with Gasteiger partial charge in [-0.3, -0.25) is 10.1 Å². The van der Waals surface area contributed by atoms with Crippen LogP contribution in [-0.4, -0.2) is 12.5 Å². The molecule has 0 spiro atoms. The Kier molecular flexibility index (Phi) is 2.70. The van der Waals surface area contributed by atoms with Gasteiger partial charge in [-0.15, -0.1) is 0 Å². The van der Waals surface area contributed by atoms with Gasteiger partial charge in [0.05, 0.1) is 0 Å². The maximum absolute atomic E-state index is 11.1. The molecule has 1 fully saturated rings. The number of carbonyl (C=O) groups is 1. The van der Waals surface area contributed by atoms with Gasteiger partial charge in [-0.2, -0.15) is 0 Å². The number of carbonyl (C=O) groups excluding carboxylic acids is 1. The van der Waals surface area contributed by atoms with E-state index in [9.17, 15) is 4.79 Å². The molecule has 4 heteroatoms. The molecule has 1 saturated heterocycles. The molecule has 1 aliphatic heterocycles. The van der Waals surface area contributed by atoms with Crippen LogP contribution in [0.4, 0.5) is 0 Å². The highest BCUT2D eigenvalue weighted by Crippen LogP contribution is 2.16. The zero-order valence-electron chi connectivity index (χ0n) is 7.59. The molecule has 0 radical (unpaired) electrons. The molecule has 0 aliphatic carbocycles. The van der Waals surface area contributed by atoms with E-state index >= 15 is 0 Å². The highest BCUT2D eigenvalue weighted by molar-refractivity contribution is 6.30. The first-order valence-corrected chi connectivity index (χ1v) is 4.92. The first-order valence-electron chi connectivity index (χ1n) is 4.54. The predicted molar refractivity (Wildman–Crippen MR) is 55.0 cm³/mol. The van der Waals surface area contributed by atoms with Gasteiger partial charge in [0, 0.05) is 18.0 Å². The van der Waals surface area contributed by atoms with Crippen molar-refractivity contribution in [3.8, 4) is 0 Å². The van der Waals surface area contributed by atoms with Crippen LogP contribution in [-0.2, 0) is 4.79 Å². The van der Waals surface area contributed by atoms with Crippen molar-refractivity contribution in [3.05, 3.63) is 34.9 Å². The number of rotatable bonds is 1. The fourth-order valence-corrected chi connectivity index (χ4v) is 1.60. The van der Waals surface area contributed by atoms with E-state index < -0.39 is 0 Å². The summed E-state index contributed by atoms with van der Waals surface area (Å²) >= 11 is 5.77. The third-order valence-electron chi connectivity index (χ3n) is 2.21. The van der Waals surface area contributed by atoms with Crippen LogP contribution >= 0.6 is 11.6 Å². The van der Waals surface area contributed by atoms with Gasteiger partial charge >= 0.3 is 0 Å². The van der Waals surface area contributed by atoms with E-state index in [1.54, 1.807) is 0 Å². The Morgan fingerprint density at radius 2 is 2.00 bits per heavy atom. The molecule has 1 atom stereocenters. The summed E-state index contributed by atoms with van der Waals surface area (Å²) in [5.74, 6) is 0.0868. The van der Waals surface area contributed by atoms with Crippen LogP contribution in [0.5, 0.6) is 0 Å². The molecule has 14 heavy (non-hydrogen) atoms. The molecular formula is C10H11ClN2O. The van der Waals surface area contributed by atoms with Crippen molar-refractivity contribution in [1.82, 2.24) is 10.6 Å². The third-order valence-corrected chi connectivity index (χ3v) is 2.46. The standard InChI is InChI=1S/C10H11ClN2O/c11-8-3-1-7(2-4-8)10-12-6-5-9(14)13-10/h1-4,10,12H,5-6H2,(H,13,14)/t10-/m1/s1. The molecule has 1 heterocycles. The van der Waals surface area contributed by atoms with E-state index in [2.05, 4.69) is 10.6 Å². The zero-order valence-corrected chi connectivity index (χ0v) is 8.34. The number of benzene rings is 1. The van der Waals surface area contributed by atoms with Crippen LogP contribution in [0, 0.1) is 0 Å². The number of amides is 1. The van der Waals surface area contributed by atoms with Crippen molar-refractivity contribution in [2.45, 2.75) is 12.6 Å². The zero-order chi connectivity index (χ0) is 9.97. The fourth-order valence-electron chi connectivity index (χ4n) is 1.47. The lowest BCUT2D eigenvalue weighted by Crippen LogP contribution is -2.44. The Morgan fingerprint density at radius 3 is 2.64 bits per heavy atom. The smallest absolute Gasteiger partial charge is 0.222 e. The molecule has 1 aromatic carbocycles. The fraction of sp³-hybridized carbons (Fsp3) is 0.300. The van der Waals surface area contributed by atoms with Gasteiger partial charge in [0.15, 0.2) is 0 Å². The van der Waals surface area contributed by atoms with Crippen LogP contribution < -0.4 is 10.6 Å². The Labute approximate surface area is 87.4 Å². The molecule has 0 bridgehead atoms. The molecule has 0 saturated carbocycles. The summed E-state index contributed by atoms with van der Waals surface area (Å²) in [6.07, 6.45) is 0.470. The van der Waals surface area contributed by atoms with Crippen LogP contribution in [0.3, 0.4) is 0 Å². The number of hydrogen-bond acceptors (Lipinski definition) is 2. The van der Waals surface area contributed by atoms with Crippen LogP contribution in [0.15, 0.2) is 24.3 Å². The lowest BCUT2D eigenvalue weighted by atomic mass is 10.1. The first kappa shape index (κ1) is 9.49. The number of halogens is 1. The van der Waals surface area contributed by atoms with E-state index in [0.29, 0.717) is 11.4 Å². The molecule has 74 valence electrons. The molecule has 3 nitrogen and oxygen atoms in total. The van der Waals surface area contributed by atoms with Crippen molar-refractivity contribution >= 4 is 17.5 Å². The monoisotopic (exact) mass is 210 g/mol. The lowest BCUT2D eigenvalue weighted by Gasteiger charge is -2.25. The highest BCUT2D eigenvalue weighted by Gasteiger charge is 2.18. The Morgan fingerprint density at radius 1 is 1.29 bits per heavy atom. The van der Waals surface area contributed by atoms with Gasteiger partial charge in [-0.25, -0.2) is 0 Å². The summed E-state index contributed by atoms with van der Waals surface area (Å²) in [4.78, 5) is 11.1. The van der Waals surface area contributed by atoms with Gasteiger partial charge in [-0.05, 0) is 17.7 Å². The average molecular weight is 211 g/mol. The van der Waals surface area contributed by atoms with Crippen molar-refractivity contribution in [3.63, 3.8) is 0 Å². The minimum absolute atomic E-state index is 0.0754. The Balaban J connectivity index is 2.14. The summed E-state index contributed by atoms with van der Waals surface area (Å²) in [7, 11) is 0. The molecule has 2 rings (SSSR count). The van der Waals surface area contributed by atoms with E-state index in [1.165, 1.54) is 0 Å². The highest BCUT2D eigenvalue weighted by atomic mass is 35.5. The maximum Gasteiger partial charge on any atom is 0.222 e. The van der Waals surface area contributed by atoms with Crippen LogP contribution in [0.25, 0.3) is 0 Å². The quantitative estimate of drug-likeness (QED) is 0.737. The molecule has 2 N–H and O–H groups in total.